The Morgan fingerprint density at radius 3 is 2.20 bits per heavy atom. The first-order chi connectivity index (χ1) is 7.02. The highest BCUT2D eigenvalue weighted by Crippen LogP contribution is 2.23. The average Bonchev–Trinajstić information content (AvgIpc) is 2.12. The van der Waals surface area contributed by atoms with Crippen LogP contribution in [0.2, 0.25) is 10.0 Å². The lowest BCUT2D eigenvalue weighted by Crippen LogP contribution is -1.94. The van der Waals surface area contributed by atoms with Crippen LogP contribution in [0.4, 0.5) is 0 Å². The first-order valence-corrected chi connectivity index (χ1v) is 6.63. The standard InChI is InChI=1S/C12H13BrCl2/c1-8(2)10(7-13)3-9-4-11(14)6-12(15)5-9/h3-6,8H,7H2,1-2H3. The molecule has 0 spiro atoms. The fourth-order valence-electron chi connectivity index (χ4n) is 1.23. The van der Waals surface area contributed by atoms with Gasteiger partial charge in [0, 0.05) is 15.4 Å². The molecule has 15 heavy (non-hydrogen) atoms. The maximum absolute atomic E-state index is 5.93. The Kier molecular flexibility index (Phi) is 5.17. The summed E-state index contributed by atoms with van der Waals surface area (Å²) in [6.45, 7) is 4.33. The summed E-state index contributed by atoms with van der Waals surface area (Å²) in [6, 6.07) is 5.57. The molecule has 0 atom stereocenters. The third-order valence-corrected chi connectivity index (χ3v) is 3.22. The number of allylic oxidation sites excluding steroid dienone is 1. The van der Waals surface area contributed by atoms with Crippen molar-refractivity contribution in [1.82, 2.24) is 0 Å². The normalized spacial score (nSPS) is 12.3. The van der Waals surface area contributed by atoms with Gasteiger partial charge < -0.3 is 0 Å². The van der Waals surface area contributed by atoms with Gasteiger partial charge in [0.15, 0.2) is 0 Å². The highest BCUT2D eigenvalue weighted by molar-refractivity contribution is 9.09. The third kappa shape index (κ3) is 4.18. The number of hydrogen-bond donors (Lipinski definition) is 0. The van der Waals surface area contributed by atoms with Crippen LogP contribution < -0.4 is 0 Å². The van der Waals surface area contributed by atoms with E-state index in [1.54, 1.807) is 6.07 Å². The number of hydrogen-bond acceptors (Lipinski definition) is 0. The van der Waals surface area contributed by atoms with Gasteiger partial charge in [-0.2, -0.15) is 0 Å². The van der Waals surface area contributed by atoms with Crippen molar-refractivity contribution < 1.29 is 0 Å². The number of benzene rings is 1. The van der Waals surface area contributed by atoms with Crippen LogP contribution in [0.3, 0.4) is 0 Å². The zero-order valence-corrected chi connectivity index (χ0v) is 11.8. The highest BCUT2D eigenvalue weighted by Gasteiger charge is 2.02. The van der Waals surface area contributed by atoms with Gasteiger partial charge in [0.2, 0.25) is 0 Å². The van der Waals surface area contributed by atoms with E-state index in [0.717, 1.165) is 10.9 Å². The van der Waals surface area contributed by atoms with Crippen molar-refractivity contribution in [2.75, 3.05) is 5.33 Å². The van der Waals surface area contributed by atoms with Crippen LogP contribution in [-0.4, -0.2) is 5.33 Å². The maximum Gasteiger partial charge on any atom is 0.0426 e. The van der Waals surface area contributed by atoms with Gasteiger partial charge in [-0.3, -0.25) is 0 Å². The molecule has 0 saturated heterocycles. The molecule has 0 bridgehead atoms. The van der Waals surface area contributed by atoms with Crippen molar-refractivity contribution in [3.63, 3.8) is 0 Å². The molecule has 0 unspecified atom stereocenters. The van der Waals surface area contributed by atoms with E-state index in [-0.39, 0.29) is 0 Å². The summed E-state index contributed by atoms with van der Waals surface area (Å²) >= 11 is 15.3. The van der Waals surface area contributed by atoms with Crippen LogP contribution >= 0.6 is 39.1 Å². The van der Waals surface area contributed by atoms with Crippen LogP contribution in [0.1, 0.15) is 19.4 Å². The van der Waals surface area contributed by atoms with E-state index >= 15 is 0 Å². The number of halogens is 3. The molecule has 3 heteroatoms. The Balaban J connectivity index is 3.05. The second-order valence-corrected chi connectivity index (χ2v) is 5.14. The molecular formula is C12H13BrCl2. The monoisotopic (exact) mass is 306 g/mol. The highest BCUT2D eigenvalue weighted by atomic mass is 79.9. The van der Waals surface area contributed by atoms with Crippen LogP contribution in [0.5, 0.6) is 0 Å². The predicted octanol–water partition coefficient (Wildman–Crippen LogP) is 5.43. The van der Waals surface area contributed by atoms with Crippen LogP contribution in [0.25, 0.3) is 6.08 Å². The van der Waals surface area contributed by atoms with Gasteiger partial charge in [0.1, 0.15) is 0 Å². The SMILES string of the molecule is CC(C)C(=Cc1cc(Cl)cc(Cl)c1)CBr. The lowest BCUT2D eigenvalue weighted by atomic mass is 10.0. The molecule has 0 aliphatic rings. The molecular weight excluding hydrogens is 295 g/mol. The van der Waals surface area contributed by atoms with Gasteiger partial charge in [-0.05, 0) is 29.7 Å². The molecule has 0 heterocycles. The quantitative estimate of drug-likeness (QED) is 0.653. The van der Waals surface area contributed by atoms with E-state index in [1.807, 2.05) is 12.1 Å². The first-order valence-electron chi connectivity index (χ1n) is 4.75. The minimum atomic E-state index is 0.516. The lowest BCUT2D eigenvalue weighted by Gasteiger charge is -2.08. The van der Waals surface area contributed by atoms with E-state index in [0.29, 0.717) is 16.0 Å². The minimum Gasteiger partial charge on any atom is -0.0880 e. The second-order valence-electron chi connectivity index (χ2n) is 3.71. The maximum atomic E-state index is 5.93. The molecule has 0 aromatic heterocycles. The van der Waals surface area contributed by atoms with Gasteiger partial charge in [-0.1, -0.05) is 64.6 Å². The smallest absolute Gasteiger partial charge is 0.0426 e. The summed E-state index contributed by atoms with van der Waals surface area (Å²) in [6.07, 6.45) is 2.12. The van der Waals surface area contributed by atoms with Gasteiger partial charge >= 0.3 is 0 Å². The van der Waals surface area contributed by atoms with E-state index in [1.165, 1.54) is 5.57 Å². The van der Waals surface area contributed by atoms with E-state index < -0.39 is 0 Å². The first kappa shape index (κ1) is 13.1. The summed E-state index contributed by atoms with van der Waals surface area (Å²) in [5.74, 6) is 0.516. The summed E-state index contributed by atoms with van der Waals surface area (Å²) in [5, 5.41) is 2.22. The van der Waals surface area contributed by atoms with Crippen molar-refractivity contribution >= 4 is 45.2 Å². The number of rotatable bonds is 3. The lowest BCUT2D eigenvalue weighted by molar-refractivity contribution is 0.781. The van der Waals surface area contributed by atoms with E-state index in [9.17, 15) is 0 Å². The van der Waals surface area contributed by atoms with Crippen molar-refractivity contribution in [2.24, 2.45) is 5.92 Å². The van der Waals surface area contributed by atoms with Gasteiger partial charge in [0.25, 0.3) is 0 Å². The largest absolute Gasteiger partial charge is 0.0880 e. The fraction of sp³-hybridized carbons (Fsp3) is 0.333. The summed E-state index contributed by atoms with van der Waals surface area (Å²) in [5.41, 5.74) is 2.38. The molecule has 0 aliphatic heterocycles. The van der Waals surface area contributed by atoms with E-state index in [2.05, 4.69) is 35.9 Å². The number of alkyl halides is 1. The zero-order chi connectivity index (χ0) is 11.4. The minimum absolute atomic E-state index is 0.516. The summed E-state index contributed by atoms with van der Waals surface area (Å²) in [7, 11) is 0. The zero-order valence-electron chi connectivity index (χ0n) is 8.73. The van der Waals surface area contributed by atoms with E-state index in [4.69, 9.17) is 23.2 Å². The topological polar surface area (TPSA) is 0 Å². The molecule has 0 amide bonds. The van der Waals surface area contributed by atoms with Crippen LogP contribution in [-0.2, 0) is 0 Å². The molecule has 1 rings (SSSR count). The van der Waals surface area contributed by atoms with Crippen molar-refractivity contribution in [2.45, 2.75) is 13.8 Å². The molecule has 1 aromatic carbocycles. The Morgan fingerprint density at radius 1 is 1.27 bits per heavy atom. The van der Waals surface area contributed by atoms with Crippen molar-refractivity contribution in [3.05, 3.63) is 39.4 Å². The predicted molar refractivity (Wildman–Crippen MR) is 73.1 cm³/mol. The van der Waals surface area contributed by atoms with Gasteiger partial charge in [0.05, 0.1) is 0 Å². The van der Waals surface area contributed by atoms with Gasteiger partial charge in [-0.25, -0.2) is 0 Å². The van der Waals surface area contributed by atoms with Crippen molar-refractivity contribution in [3.8, 4) is 0 Å². The average molecular weight is 308 g/mol. The Labute approximate surface area is 109 Å². The van der Waals surface area contributed by atoms with Gasteiger partial charge in [-0.15, -0.1) is 0 Å². The van der Waals surface area contributed by atoms with Crippen LogP contribution in [0.15, 0.2) is 23.8 Å². The molecule has 0 fully saturated rings. The molecule has 82 valence electrons. The van der Waals surface area contributed by atoms with Crippen molar-refractivity contribution in [1.29, 1.82) is 0 Å². The molecule has 0 N–H and O–H groups in total. The fourth-order valence-corrected chi connectivity index (χ4v) is 2.58. The second kappa shape index (κ2) is 5.93. The third-order valence-electron chi connectivity index (χ3n) is 2.13. The molecule has 0 aliphatic carbocycles. The Morgan fingerprint density at radius 2 is 1.80 bits per heavy atom. The Hall–Kier alpha value is 0.0200. The summed E-state index contributed by atoms with van der Waals surface area (Å²) < 4.78 is 0. The van der Waals surface area contributed by atoms with Crippen LogP contribution in [0, 0.1) is 5.92 Å². The Bertz CT molecular complexity index is 350. The molecule has 1 aromatic rings. The summed E-state index contributed by atoms with van der Waals surface area (Å²) in [4.78, 5) is 0. The molecule has 0 radical (unpaired) electrons. The molecule has 0 nitrogen and oxygen atoms in total. The molecule has 0 saturated carbocycles.